The fourth-order valence-corrected chi connectivity index (χ4v) is 6.72. The molecule has 8 heteroatoms. The topological polar surface area (TPSA) is 74.8 Å². The lowest BCUT2D eigenvalue weighted by molar-refractivity contribution is 0.268. The number of piperazine rings is 1. The van der Waals surface area contributed by atoms with Crippen molar-refractivity contribution in [3.8, 4) is 0 Å². The van der Waals surface area contributed by atoms with Gasteiger partial charge in [-0.15, -0.1) is 0 Å². The molecule has 0 amide bonds. The summed E-state index contributed by atoms with van der Waals surface area (Å²) in [5, 5.41) is 0. The van der Waals surface area contributed by atoms with E-state index in [0.29, 0.717) is 6.42 Å². The maximum Gasteiger partial charge on any atom is 0.243 e. The van der Waals surface area contributed by atoms with Gasteiger partial charge in [-0.25, -0.2) is 16.8 Å². The second-order valence-electron chi connectivity index (χ2n) is 6.23. The molecule has 1 heterocycles. The standard InChI is InChI=1S/C17H18N2O4S2/c20-24(21,14-7-3-1-4-8-14)18-11-12-19(17-13-16(17)18)25(22,23)15-9-5-2-6-10-15/h1-10,16-17H,11-13H2. The highest BCUT2D eigenvalue weighted by molar-refractivity contribution is 7.89. The molecule has 2 aromatic carbocycles. The van der Waals surface area contributed by atoms with Gasteiger partial charge in [0.15, 0.2) is 0 Å². The predicted molar refractivity (Wildman–Crippen MR) is 92.9 cm³/mol. The average molecular weight is 378 g/mol. The van der Waals surface area contributed by atoms with Gasteiger partial charge in [-0.1, -0.05) is 36.4 Å². The summed E-state index contributed by atoms with van der Waals surface area (Å²) in [4.78, 5) is 0.500. The van der Waals surface area contributed by atoms with Gasteiger partial charge in [-0.05, 0) is 30.7 Å². The Balaban J connectivity index is 1.59. The van der Waals surface area contributed by atoms with Crippen LogP contribution in [0.5, 0.6) is 0 Å². The number of nitrogens with zero attached hydrogens (tertiary/aromatic N) is 2. The smallest absolute Gasteiger partial charge is 0.207 e. The summed E-state index contributed by atoms with van der Waals surface area (Å²) in [6, 6.07) is 16.0. The Labute approximate surface area is 147 Å². The average Bonchev–Trinajstić information content (AvgIpc) is 3.42. The molecule has 2 atom stereocenters. The van der Waals surface area contributed by atoms with Crippen molar-refractivity contribution in [1.29, 1.82) is 0 Å². The zero-order valence-corrected chi connectivity index (χ0v) is 15.0. The van der Waals surface area contributed by atoms with Crippen molar-refractivity contribution in [2.24, 2.45) is 0 Å². The maximum atomic E-state index is 12.8. The van der Waals surface area contributed by atoms with E-state index in [1.165, 1.54) is 8.61 Å². The van der Waals surface area contributed by atoms with E-state index in [0.717, 1.165) is 0 Å². The van der Waals surface area contributed by atoms with Gasteiger partial charge in [-0.2, -0.15) is 8.61 Å². The molecule has 2 aromatic rings. The van der Waals surface area contributed by atoms with E-state index in [1.807, 2.05) is 0 Å². The summed E-state index contributed by atoms with van der Waals surface area (Å²) in [6.07, 6.45) is 0.540. The van der Waals surface area contributed by atoms with Gasteiger partial charge in [0, 0.05) is 25.2 Å². The van der Waals surface area contributed by atoms with Gasteiger partial charge in [0.05, 0.1) is 9.79 Å². The molecule has 1 aliphatic carbocycles. The summed E-state index contributed by atoms with van der Waals surface area (Å²) >= 11 is 0. The van der Waals surface area contributed by atoms with Crippen LogP contribution in [0.15, 0.2) is 70.5 Å². The molecule has 1 saturated heterocycles. The van der Waals surface area contributed by atoms with Crippen molar-refractivity contribution >= 4 is 20.0 Å². The number of hydrogen-bond acceptors (Lipinski definition) is 4. The van der Waals surface area contributed by atoms with E-state index in [2.05, 4.69) is 0 Å². The van der Waals surface area contributed by atoms with Crippen LogP contribution in [-0.4, -0.2) is 50.6 Å². The van der Waals surface area contributed by atoms with E-state index >= 15 is 0 Å². The fourth-order valence-electron chi connectivity index (χ4n) is 3.37. The normalized spacial score (nSPS) is 24.6. The Kier molecular flexibility index (Phi) is 3.95. The molecule has 6 nitrogen and oxygen atoms in total. The summed E-state index contributed by atoms with van der Waals surface area (Å²) in [6.45, 7) is 0.342. The van der Waals surface area contributed by atoms with E-state index < -0.39 is 20.0 Å². The van der Waals surface area contributed by atoms with Gasteiger partial charge in [0.1, 0.15) is 0 Å². The van der Waals surface area contributed by atoms with Crippen LogP contribution in [0.2, 0.25) is 0 Å². The molecule has 1 aliphatic heterocycles. The lowest BCUT2D eigenvalue weighted by Crippen LogP contribution is -2.50. The van der Waals surface area contributed by atoms with Crippen LogP contribution in [0.1, 0.15) is 6.42 Å². The van der Waals surface area contributed by atoms with Crippen molar-refractivity contribution < 1.29 is 16.8 Å². The fraction of sp³-hybridized carbons (Fsp3) is 0.294. The molecule has 0 N–H and O–H groups in total. The van der Waals surface area contributed by atoms with Gasteiger partial charge in [-0.3, -0.25) is 0 Å². The molecule has 132 valence electrons. The minimum absolute atomic E-state index is 0.171. The maximum absolute atomic E-state index is 12.8. The number of fused-ring (bicyclic) bond motifs is 1. The molecular formula is C17H18N2O4S2. The Morgan fingerprint density at radius 2 is 1.00 bits per heavy atom. The largest absolute Gasteiger partial charge is 0.243 e. The molecule has 4 rings (SSSR count). The highest BCUT2D eigenvalue weighted by Gasteiger charge is 2.56. The summed E-state index contributed by atoms with van der Waals surface area (Å²) in [5.74, 6) is 0. The monoisotopic (exact) mass is 378 g/mol. The van der Waals surface area contributed by atoms with E-state index in [4.69, 9.17) is 0 Å². The van der Waals surface area contributed by atoms with E-state index in [1.54, 1.807) is 60.7 Å². The number of benzene rings is 2. The minimum Gasteiger partial charge on any atom is -0.207 e. The molecule has 2 aliphatic rings. The molecule has 0 bridgehead atoms. The second-order valence-corrected chi connectivity index (χ2v) is 10.0. The Morgan fingerprint density at radius 1 is 0.640 bits per heavy atom. The first-order valence-electron chi connectivity index (χ1n) is 8.06. The van der Waals surface area contributed by atoms with Crippen LogP contribution in [0.4, 0.5) is 0 Å². The van der Waals surface area contributed by atoms with Crippen LogP contribution >= 0.6 is 0 Å². The van der Waals surface area contributed by atoms with Crippen LogP contribution in [0.25, 0.3) is 0 Å². The second kappa shape index (κ2) is 5.91. The molecule has 2 fully saturated rings. The lowest BCUT2D eigenvalue weighted by Gasteiger charge is -2.32. The molecule has 1 saturated carbocycles. The predicted octanol–water partition coefficient (Wildman–Crippen LogP) is 1.52. The molecule has 25 heavy (non-hydrogen) atoms. The van der Waals surface area contributed by atoms with Crippen LogP contribution < -0.4 is 0 Å². The molecule has 2 unspecified atom stereocenters. The van der Waals surface area contributed by atoms with Crippen molar-refractivity contribution in [2.75, 3.05) is 13.1 Å². The first-order chi connectivity index (χ1) is 11.9. The SMILES string of the molecule is O=S(=O)(c1ccccc1)N1CCN(S(=O)(=O)c2ccccc2)C2CC21. The first-order valence-corrected chi connectivity index (χ1v) is 10.9. The van der Waals surface area contributed by atoms with E-state index in [-0.39, 0.29) is 35.0 Å². The highest BCUT2D eigenvalue weighted by atomic mass is 32.2. The number of sulfonamides is 2. The van der Waals surface area contributed by atoms with Gasteiger partial charge >= 0.3 is 0 Å². The van der Waals surface area contributed by atoms with Gasteiger partial charge in [0.2, 0.25) is 20.0 Å². The molecular weight excluding hydrogens is 360 g/mol. The van der Waals surface area contributed by atoms with Gasteiger partial charge in [0.25, 0.3) is 0 Å². The lowest BCUT2D eigenvalue weighted by atomic mass is 10.4. The molecule has 0 radical (unpaired) electrons. The highest BCUT2D eigenvalue weighted by Crippen LogP contribution is 2.42. The van der Waals surface area contributed by atoms with Crippen LogP contribution in [0, 0.1) is 0 Å². The third kappa shape index (κ3) is 2.79. The molecule has 0 spiro atoms. The zero-order valence-electron chi connectivity index (χ0n) is 13.4. The number of hydrogen-bond donors (Lipinski definition) is 0. The van der Waals surface area contributed by atoms with Crippen molar-refractivity contribution in [3.63, 3.8) is 0 Å². The van der Waals surface area contributed by atoms with Crippen molar-refractivity contribution in [2.45, 2.75) is 28.3 Å². The van der Waals surface area contributed by atoms with Gasteiger partial charge < -0.3 is 0 Å². The van der Waals surface area contributed by atoms with Crippen LogP contribution in [-0.2, 0) is 20.0 Å². The first kappa shape index (κ1) is 16.7. The Morgan fingerprint density at radius 3 is 1.36 bits per heavy atom. The van der Waals surface area contributed by atoms with Crippen molar-refractivity contribution in [1.82, 2.24) is 8.61 Å². The van der Waals surface area contributed by atoms with Crippen molar-refractivity contribution in [3.05, 3.63) is 60.7 Å². The summed E-state index contributed by atoms with van der Waals surface area (Å²) in [5.41, 5.74) is 0. The van der Waals surface area contributed by atoms with Crippen LogP contribution in [0.3, 0.4) is 0 Å². The summed E-state index contributed by atoms with van der Waals surface area (Å²) in [7, 11) is -7.18. The number of rotatable bonds is 4. The zero-order chi connectivity index (χ0) is 17.7. The Hall–Kier alpha value is -1.74. The Bertz CT molecular complexity index is 894. The minimum atomic E-state index is -3.59. The van der Waals surface area contributed by atoms with E-state index in [9.17, 15) is 16.8 Å². The third-order valence-electron chi connectivity index (χ3n) is 4.70. The third-order valence-corrected chi connectivity index (χ3v) is 8.58. The quantitative estimate of drug-likeness (QED) is 0.809. The summed E-state index contributed by atoms with van der Waals surface area (Å²) < 4.78 is 54.1. The molecule has 0 aromatic heterocycles.